The number of aliphatic hydroxyl groups is 1. The lowest BCUT2D eigenvalue weighted by Gasteiger charge is -2.19. The maximum Gasteiger partial charge on any atom is 0.220 e. The molecule has 15 heavy (non-hydrogen) atoms. The van der Waals surface area contributed by atoms with E-state index in [9.17, 15) is 4.79 Å². The molecule has 90 valence electrons. The molecule has 0 fully saturated rings. The predicted molar refractivity (Wildman–Crippen MR) is 59.9 cm³/mol. The molecule has 0 heterocycles. The van der Waals surface area contributed by atoms with E-state index in [1.165, 1.54) is 0 Å². The smallest absolute Gasteiger partial charge is 0.220 e. The van der Waals surface area contributed by atoms with Crippen molar-refractivity contribution < 1.29 is 9.90 Å². The lowest BCUT2D eigenvalue weighted by Crippen LogP contribution is -2.47. The summed E-state index contributed by atoms with van der Waals surface area (Å²) < 4.78 is 0. The molecule has 0 radical (unpaired) electrons. The largest absolute Gasteiger partial charge is 0.377 e. The van der Waals surface area contributed by atoms with Crippen LogP contribution in [-0.4, -0.2) is 29.8 Å². The van der Waals surface area contributed by atoms with E-state index in [1.807, 2.05) is 6.92 Å². The first-order valence-electron chi connectivity index (χ1n) is 5.54. The number of hydrogen-bond donors (Lipinski definition) is 4. The number of amides is 1. The molecule has 0 saturated carbocycles. The molecule has 0 aromatic heterocycles. The molecule has 0 aliphatic rings. The summed E-state index contributed by atoms with van der Waals surface area (Å²) in [6, 6.07) is -0.341. The van der Waals surface area contributed by atoms with Crippen LogP contribution in [0.3, 0.4) is 0 Å². The molecule has 0 spiro atoms. The van der Waals surface area contributed by atoms with Gasteiger partial charge in [-0.25, -0.2) is 0 Å². The summed E-state index contributed by atoms with van der Waals surface area (Å²) in [7, 11) is 0. The van der Waals surface area contributed by atoms with Gasteiger partial charge in [0.25, 0.3) is 0 Å². The van der Waals surface area contributed by atoms with Gasteiger partial charge >= 0.3 is 0 Å². The van der Waals surface area contributed by atoms with Gasteiger partial charge in [0.2, 0.25) is 5.91 Å². The van der Waals surface area contributed by atoms with Crippen molar-refractivity contribution in [2.45, 2.75) is 51.3 Å². The zero-order valence-electron chi connectivity index (χ0n) is 9.41. The summed E-state index contributed by atoms with van der Waals surface area (Å²) >= 11 is 0. The van der Waals surface area contributed by atoms with Gasteiger partial charge in [-0.05, 0) is 25.8 Å². The van der Waals surface area contributed by atoms with E-state index >= 15 is 0 Å². The number of nitrogens with one attached hydrogen (secondary N) is 1. The standard InChI is InChI=1S/C10H23N3O2/c1-2-8(10(12)15)13-9(14)6-4-3-5-7-11/h8,10,15H,2-7,11-12H2,1H3,(H,13,14)/t8-,10-/m1/s1. The van der Waals surface area contributed by atoms with Crippen LogP contribution in [0.4, 0.5) is 0 Å². The summed E-state index contributed by atoms with van der Waals surface area (Å²) in [4.78, 5) is 11.4. The maximum absolute atomic E-state index is 11.4. The Morgan fingerprint density at radius 2 is 2.07 bits per heavy atom. The lowest BCUT2D eigenvalue weighted by atomic mass is 10.1. The number of unbranched alkanes of at least 4 members (excludes halogenated alkanes) is 2. The summed E-state index contributed by atoms with van der Waals surface area (Å²) in [5.74, 6) is -0.0524. The zero-order valence-corrected chi connectivity index (χ0v) is 9.41. The minimum atomic E-state index is -0.983. The fourth-order valence-electron chi connectivity index (χ4n) is 1.31. The van der Waals surface area contributed by atoms with Gasteiger partial charge in [0.1, 0.15) is 6.23 Å². The average molecular weight is 217 g/mol. The first-order valence-corrected chi connectivity index (χ1v) is 5.54. The molecule has 0 rings (SSSR count). The Morgan fingerprint density at radius 1 is 1.40 bits per heavy atom. The normalized spacial score (nSPS) is 14.7. The highest BCUT2D eigenvalue weighted by Gasteiger charge is 2.15. The quantitative estimate of drug-likeness (QED) is 0.330. The minimum Gasteiger partial charge on any atom is -0.377 e. The van der Waals surface area contributed by atoms with Gasteiger partial charge in [0.05, 0.1) is 6.04 Å². The van der Waals surface area contributed by atoms with Crippen molar-refractivity contribution in [3.63, 3.8) is 0 Å². The van der Waals surface area contributed by atoms with Crippen LogP contribution in [0, 0.1) is 0 Å². The first kappa shape index (κ1) is 14.3. The third-order valence-corrected chi connectivity index (χ3v) is 2.31. The number of hydrogen-bond acceptors (Lipinski definition) is 4. The van der Waals surface area contributed by atoms with E-state index in [-0.39, 0.29) is 11.9 Å². The molecule has 0 aliphatic carbocycles. The number of rotatable bonds is 8. The number of carbonyl (C=O) groups is 1. The van der Waals surface area contributed by atoms with E-state index in [0.29, 0.717) is 19.4 Å². The van der Waals surface area contributed by atoms with Gasteiger partial charge in [0.15, 0.2) is 0 Å². The van der Waals surface area contributed by atoms with Crippen LogP contribution in [0.1, 0.15) is 39.0 Å². The third-order valence-electron chi connectivity index (χ3n) is 2.31. The highest BCUT2D eigenvalue weighted by atomic mass is 16.3. The van der Waals surface area contributed by atoms with Crippen LogP contribution >= 0.6 is 0 Å². The number of nitrogens with two attached hydrogens (primary N) is 2. The van der Waals surface area contributed by atoms with Crippen molar-refractivity contribution in [2.24, 2.45) is 11.5 Å². The molecule has 0 saturated heterocycles. The Bertz CT molecular complexity index is 174. The fraction of sp³-hybridized carbons (Fsp3) is 0.900. The van der Waals surface area contributed by atoms with Crippen molar-refractivity contribution in [3.05, 3.63) is 0 Å². The van der Waals surface area contributed by atoms with E-state index < -0.39 is 6.23 Å². The molecule has 0 aromatic carbocycles. The Balaban J connectivity index is 3.62. The van der Waals surface area contributed by atoms with Gasteiger partial charge in [-0.3, -0.25) is 4.79 Å². The van der Waals surface area contributed by atoms with Gasteiger partial charge in [-0.2, -0.15) is 0 Å². The summed E-state index contributed by atoms with van der Waals surface area (Å²) in [6.45, 7) is 2.54. The van der Waals surface area contributed by atoms with Gasteiger partial charge in [-0.15, -0.1) is 0 Å². The van der Waals surface area contributed by atoms with Crippen LogP contribution in [0.2, 0.25) is 0 Å². The Morgan fingerprint density at radius 3 is 2.53 bits per heavy atom. The molecule has 5 heteroatoms. The monoisotopic (exact) mass is 217 g/mol. The molecule has 1 amide bonds. The van der Waals surface area contributed by atoms with Gasteiger partial charge in [-0.1, -0.05) is 13.3 Å². The van der Waals surface area contributed by atoms with Crippen LogP contribution in [-0.2, 0) is 4.79 Å². The molecule has 0 bridgehead atoms. The number of carbonyl (C=O) groups excluding carboxylic acids is 1. The zero-order chi connectivity index (χ0) is 11.7. The molecule has 5 nitrogen and oxygen atoms in total. The molecule has 0 aliphatic heterocycles. The molecule has 2 atom stereocenters. The number of aliphatic hydroxyl groups excluding tert-OH is 1. The molecule has 6 N–H and O–H groups in total. The van der Waals surface area contributed by atoms with Crippen molar-refractivity contribution in [2.75, 3.05) is 6.54 Å². The maximum atomic E-state index is 11.4. The van der Waals surface area contributed by atoms with E-state index in [4.69, 9.17) is 16.6 Å². The molecule has 0 unspecified atom stereocenters. The average Bonchev–Trinajstić information content (AvgIpc) is 2.20. The van der Waals surface area contributed by atoms with Crippen molar-refractivity contribution in [1.82, 2.24) is 5.32 Å². The summed E-state index contributed by atoms with van der Waals surface area (Å²) in [6.07, 6.45) is 2.87. The second-order valence-corrected chi connectivity index (χ2v) is 3.67. The van der Waals surface area contributed by atoms with Gasteiger partial charge in [0, 0.05) is 6.42 Å². The Kier molecular flexibility index (Phi) is 8.27. The van der Waals surface area contributed by atoms with E-state index in [2.05, 4.69) is 5.32 Å². The topological polar surface area (TPSA) is 101 Å². The lowest BCUT2D eigenvalue weighted by molar-refractivity contribution is -0.122. The third kappa shape index (κ3) is 7.30. The predicted octanol–water partition coefficient (Wildman–Crippen LogP) is -0.323. The summed E-state index contributed by atoms with van der Waals surface area (Å²) in [5.41, 5.74) is 10.6. The highest BCUT2D eigenvalue weighted by molar-refractivity contribution is 5.76. The van der Waals surface area contributed by atoms with Crippen LogP contribution < -0.4 is 16.8 Å². The van der Waals surface area contributed by atoms with Crippen molar-refractivity contribution in [3.8, 4) is 0 Å². The van der Waals surface area contributed by atoms with Gasteiger partial charge < -0.3 is 21.9 Å². The Hall–Kier alpha value is -0.650. The molecular weight excluding hydrogens is 194 g/mol. The second-order valence-electron chi connectivity index (χ2n) is 3.67. The Labute approximate surface area is 91.2 Å². The van der Waals surface area contributed by atoms with Crippen molar-refractivity contribution >= 4 is 5.91 Å². The van der Waals surface area contributed by atoms with Crippen LogP contribution in [0.25, 0.3) is 0 Å². The van der Waals surface area contributed by atoms with Crippen LogP contribution in [0.15, 0.2) is 0 Å². The minimum absolute atomic E-state index is 0.0524. The van der Waals surface area contributed by atoms with Crippen LogP contribution in [0.5, 0.6) is 0 Å². The van der Waals surface area contributed by atoms with Crippen molar-refractivity contribution in [1.29, 1.82) is 0 Å². The first-order chi connectivity index (χ1) is 7.11. The molecule has 0 aromatic rings. The fourth-order valence-corrected chi connectivity index (χ4v) is 1.31. The SMILES string of the molecule is CC[C@@H](NC(=O)CCCCCN)[C@H](N)O. The second kappa shape index (κ2) is 8.64. The molecular formula is C10H23N3O2. The van der Waals surface area contributed by atoms with E-state index in [1.54, 1.807) is 0 Å². The van der Waals surface area contributed by atoms with E-state index in [0.717, 1.165) is 19.3 Å². The summed E-state index contributed by atoms with van der Waals surface area (Å²) in [5, 5.41) is 11.8. The highest BCUT2D eigenvalue weighted by Crippen LogP contribution is 2.00.